The lowest BCUT2D eigenvalue weighted by Crippen LogP contribution is -2.37. The van der Waals surface area contributed by atoms with Crippen LogP contribution >= 0.6 is 0 Å². The average Bonchev–Trinajstić information content (AvgIpc) is 2.41. The van der Waals surface area contributed by atoms with Gasteiger partial charge in [0, 0.05) is 12.8 Å². The summed E-state index contributed by atoms with van der Waals surface area (Å²) in [5.41, 5.74) is 0.128. The fourth-order valence-corrected chi connectivity index (χ4v) is 2.80. The number of nitrogens with one attached hydrogen (secondary N) is 2. The quantitative estimate of drug-likeness (QED) is 0.715. The number of aromatic hydroxyl groups is 1. The minimum absolute atomic E-state index is 0.0624. The number of hydrogen-bond donors (Lipinski definition) is 3. The van der Waals surface area contributed by atoms with Crippen molar-refractivity contribution in [3.05, 3.63) is 18.2 Å². The van der Waals surface area contributed by atoms with E-state index in [-0.39, 0.29) is 28.2 Å². The van der Waals surface area contributed by atoms with Gasteiger partial charge in [0.2, 0.25) is 5.91 Å². The summed E-state index contributed by atoms with van der Waals surface area (Å²) in [4.78, 5) is 12.1. The Balaban J connectivity index is 2.18. The van der Waals surface area contributed by atoms with Crippen molar-refractivity contribution in [3.63, 3.8) is 0 Å². The molecule has 0 bridgehead atoms. The zero-order valence-electron chi connectivity index (χ0n) is 11.2. The number of carbonyl (C=O) groups excluding carboxylic acids is 1. The van der Waals surface area contributed by atoms with Crippen molar-refractivity contribution in [1.29, 1.82) is 0 Å². The number of rotatable bonds is 3. The molecule has 1 saturated heterocycles. The molecule has 20 heavy (non-hydrogen) atoms. The lowest BCUT2D eigenvalue weighted by Gasteiger charge is -2.22. The van der Waals surface area contributed by atoms with E-state index in [1.54, 1.807) is 0 Å². The highest BCUT2D eigenvalue weighted by molar-refractivity contribution is 7.90. The Kier molecular flexibility index (Phi) is 4.29. The minimum atomic E-state index is -3.38. The highest BCUT2D eigenvalue weighted by Gasteiger charge is 2.22. The molecule has 0 aliphatic carbocycles. The molecule has 1 fully saturated rings. The van der Waals surface area contributed by atoms with E-state index in [2.05, 4.69) is 10.6 Å². The Morgan fingerprint density at radius 1 is 1.45 bits per heavy atom. The maximum Gasteiger partial charge on any atom is 0.228 e. The number of phenols is 1. The molecule has 2 rings (SSSR count). The van der Waals surface area contributed by atoms with Gasteiger partial charge in [-0.3, -0.25) is 4.79 Å². The lowest BCUT2D eigenvalue weighted by atomic mass is 9.99. The normalized spacial score (nSPS) is 19.6. The summed E-state index contributed by atoms with van der Waals surface area (Å²) in [6.07, 6.45) is 2.79. The van der Waals surface area contributed by atoms with Crippen LogP contribution in [0.5, 0.6) is 5.75 Å². The second-order valence-corrected chi connectivity index (χ2v) is 7.00. The van der Waals surface area contributed by atoms with Crippen LogP contribution in [-0.2, 0) is 14.6 Å². The molecular formula is C13H18N2O4S. The van der Waals surface area contributed by atoms with Crippen LogP contribution in [0.3, 0.4) is 0 Å². The Labute approximate surface area is 118 Å². The van der Waals surface area contributed by atoms with E-state index in [0.717, 1.165) is 25.6 Å². The Bertz CT molecular complexity index is 607. The van der Waals surface area contributed by atoms with Crippen LogP contribution in [0.25, 0.3) is 0 Å². The molecular weight excluding hydrogens is 280 g/mol. The summed E-state index contributed by atoms with van der Waals surface area (Å²) in [6.45, 7) is 1.50. The van der Waals surface area contributed by atoms with Gasteiger partial charge < -0.3 is 15.7 Å². The SMILES string of the molecule is CS(=O)(=O)c1ccc(O)c(NC(=O)[C@@H]2CCCNC2)c1. The highest BCUT2D eigenvalue weighted by atomic mass is 32.2. The van der Waals surface area contributed by atoms with Crippen molar-refractivity contribution in [2.24, 2.45) is 5.92 Å². The first-order valence-electron chi connectivity index (χ1n) is 6.42. The van der Waals surface area contributed by atoms with E-state index in [0.29, 0.717) is 6.54 Å². The highest BCUT2D eigenvalue weighted by Crippen LogP contribution is 2.27. The molecule has 1 aliphatic heterocycles. The number of benzene rings is 1. The summed E-state index contributed by atoms with van der Waals surface area (Å²) in [5, 5.41) is 15.5. The number of amides is 1. The summed E-state index contributed by atoms with van der Waals surface area (Å²) in [7, 11) is -3.38. The van der Waals surface area contributed by atoms with Crippen LogP contribution in [0.2, 0.25) is 0 Å². The largest absolute Gasteiger partial charge is 0.506 e. The molecule has 1 aromatic carbocycles. The van der Waals surface area contributed by atoms with E-state index < -0.39 is 9.84 Å². The van der Waals surface area contributed by atoms with E-state index in [4.69, 9.17) is 0 Å². The molecule has 0 saturated carbocycles. The van der Waals surface area contributed by atoms with Crippen LogP contribution in [0.15, 0.2) is 23.1 Å². The summed E-state index contributed by atoms with van der Waals surface area (Å²) >= 11 is 0. The fourth-order valence-electron chi connectivity index (χ4n) is 2.16. The van der Waals surface area contributed by atoms with E-state index in [1.807, 2.05) is 0 Å². The number of carbonyl (C=O) groups is 1. The lowest BCUT2D eigenvalue weighted by molar-refractivity contribution is -0.120. The van der Waals surface area contributed by atoms with Crippen molar-refractivity contribution >= 4 is 21.4 Å². The molecule has 1 aromatic rings. The third kappa shape index (κ3) is 3.49. The van der Waals surface area contributed by atoms with E-state index in [1.165, 1.54) is 18.2 Å². The minimum Gasteiger partial charge on any atom is -0.506 e. The van der Waals surface area contributed by atoms with Crippen molar-refractivity contribution in [1.82, 2.24) is 5.32 Å². The molecule has 1 heterocycles. The topological polar surface area (TPSA) is 95.5 Å². The molecule has 1 amide bonds. The number of piperidine rings is 1. The van der Waals surface area contributed by atoms with Gasteiger partial charge in [-0.1, -0.05) is 0 Å². The number of phenolic OH excluding ortho intramolecular Hbond substituents is 1. The van der Waals surface area contributed by atoms with Gasteiger partial charge in [-0.2, -0.15) is 0 Å². The molecule has 3 N–H and O–H groups in total. The van der Waals surface area contributed by atoms with Gasteiger partial charge in [0.15, 0.2) is 9.84 Å². The maximum absolute atomic E-state index is 12.1. The average molecular weight is 298 g/mol. The maximum atomic E-state index is 12.1. The molecule has 1 aliphatic rings. The molecule has 1 atom stereocenters. The zero-order valence-corrected chi connectivity index (χ0v) is 12.0. The van der Waals surface area contributed by atoms with Crippen molar-refractivity contribution in [2.75, 3.05) is 24.7 Å². The second-order valence-electron chi connectivity index (χ2n) is 4.98. The predicted molar refractivity (Wildman–Crippen MR) is 75.4 cm³/mol. The van der Waals surface area contributed by atoms with Crippen LogP contribution in [-0.4, -0.2) is 38.8 Å². The van der Waals surface area contributed by atoms with Gasteiger partial charge in [0.1, 0.15) is 5.75 Å². The number of hydrogen-bond acceptors (Lipinski definition) is 5. The first kappa shape index (κ1) is 14.8. The van der Waals surface area contributed by atoms with Crippen molar-refractivity contribution in [2.45, 2.75) is 17.7 Å². The smallest absolute Gasteiger partial charge is 0.228 e. The van der Waals surface area contributed by atoms with Crippen LogP contribution < -0.4 is 10.6 Å². The third-order valence-corrected chi connectivity index (χ3v) is 4.43. The monoisotopic (exact) mass is 298 g/mol. The van der Waals surface area contributed by atoms with Gasteiger partial charge in [0.25, 0.3) is 0 Å². The Morgan fingerprint density at radius 3 is 2.80 bits per heavy atom. The summed E-state index contributed by atoms with van der Waals surface area (Å²) < 4.78 is 23.0. The number of anilines is 1. The van der Waals surface area contributed by atoms with Gasteiger partial charge in [-0.25, -0.2) is 8.42 Å². The first-order valence-corrected chi connectivity index (χ1v) is 8.32. The number of sulfone groups is 1. The van der Waals surface area contributed by atoms with Crippen LogP contribution in [0.4, 0.5) is 5.69 Å². The summed E-state index contributed by atoms with van der Waals surface area (Å²) in [5.74, 6) is -0.516. The van der Waals surface area contributed by atoms with E-state index >= 15 is 0 Å². The molecule has 0 aromatic heterocycles. The standard InChI is InChI=1S/C13H18N2O4S/c1-20(18,19)10-4-5-12(16)11(7-10)15-13(17)9-3-2-6-14-8-9/h4-5,7,9,14,16H,2-3,6,8H2,1H3,(H,15,17)/t9-/m1/s1. The predicted octanol–water partition coefficient (Wildman–Crippen LogP) is 0.734. The molecule has 110 valence electrons. The van der Waals surface area contributed by atoms with E-state index in [9.17, 15) is 18.3 Å². The van der Waals surface area contributed by atoms with Gasteiger partial charge in [-0.05, 0) is 37.6 Å². The fraction of sp³-hybridized carbons (Fsp3) is 0.462. The molecule has 0 radical (unpaired) electrons. The zero-order chi connectivity index (χ0) is 14.8. The van der Waals surface area contributed by atoms with Gasteiger partial charge >= 0.3 is 0 Å². The molecule has 7 heteroatoms. The van der Waals surface area contributed by atoms with Crippen molar-refractivity contribution < 1.29 is 18.3 Å². The van der Waals surface area contributed by atoms with Gasteiger partial charge in [-0.15, -0.1) is 0 Å². The van der Waals surface area contributed by atoms with Gasteiger partial charge in [0.05, 0.1) is 16.5 Å². The first-order chi connectivity index (χ1) is 9.38. The molecule has 0 spiro atoms. The molecule has 6 nitrogen and oxygen atoms in total. The molecule has 0 unspecified atom stereocenters. The second kappa shape index (κ2) is 5.80. The van der Waals surface area contributed by atoms with Crippen LogP contribution in [0.1, 0.15) is 12.8 Å². The Morgan fingerprint density at radius 2 is 2.20 bits per heavy atom. The van der Waals surface area contributed by atoms with Crippen LogP contribution in [0, 0.1) is 5.92 Å². The summed E-state index contributed by atoms with van der Waals surface area (Å²) in [6, 6.07) is 3.85. The van der Waals surface area contributed by atoms with Crippen molar-refractivity contribution in [3.8, 4) is 5.75 Å². The Hall–Kier alpha value is -1.60. The third-order valence-electron chi connectivity index (χ3n) is 3.32.